The van der Waals surface area contributed by atoms with Gasteiger partial charge in [-0.1, -0.05) is 12.1 Å². The summed E-state index contributed by atoms with van der Waals surface area (Å²) in [5.74, 6) is -2.01. The first-order valence-electron chi connectivity index (χ1n) is 9.49. The molecule has 0 aliphatic carbocycles. The maximum atomic E-state index is 12.4. The normalized spacial score (nSPS) is 14.1. The highest BCUT2D eigenvalue weighted by Gasteiger charge is 2.40. The lowest BCUT2D eigenvalue weighted by atomic mass is 10.1. The van der Waals surface area contributed by atoms with Gasteiger partial charge in [-0.2, -0.15) is 0 Å². The molecule has 1 aromatic carbocycles. The third kappa shape index (κ3) is 5.79. The van der Waals surface area contributed by atoms with E-state index in [2.05, 4.69) is 16.0 Å². The molecule has 162 valence electrons. The van der Waals surface area contributed by atoms with Crippen molar-refractivity contribution >= 4 is 29.7 Å². The van der Waals surface area contributed by atoms with Crippen molar-refractivity contribution in [1.29, 1.82) is 0 Å². The molecular formula is C20H26N4O6. The Hall–Kier alpha value is -3.43. The van der Waals surface area contributed by atoms with Crippen LogP contribution in [-0.4, -0.2) is 65.9 Å². The number of fused-ring (bicyclic) bond motifs is 1. The molecule has 1 heterocycles. The van der Waals surface area contributed by atoms with Crippen LogP contribution < -0.4 is 16.0 Å². The van der Waals surface area contributed by atoms with Crippen molar-refractivity contribution in [2.45, 2.75) is 39.3 Å². The molecule has 5 amide bonds. The lowest BCUT2D eigenvalue weighted by Crippen LogP contribution is -2.49. The van der Waals surface area contributed by atoms with Crippen molar-refractivity contribution < 1.29 is 28.7 Å². The monoisotopic (exact) mass is 418 g/mol. The van der Waals surface area contributed by atoms with E-state index in [4.69, 9.17) is 4.74 Å². The SMILES string of the molecule is CC(C(=O)NCCNC(=O)CNC(=O)OC(C)(C)C)N1C(=O)c2ccccc2C1=O. The molecule has 0 saturated heterocycles. The Balaban J connectivity index is 1.72. The Morgan fingerprint density at radius 2 is 1.50 bits per heavy atom. The van der Waals surface area contributed by atoms with E-state index in [-0.39, 0.29) is 30.8 Å². The van der Waals surface area contributed by atoms with Crippen molar-refractivity contribution in [2.75, 3.05) is 19.6 Å². The van der Waals surface area contributed by atoms with Crippen LogP contribution in [0.4, 0.5) is 4.79 Å². The maximum Gasteiger partial charge on any atom is 0.408 e. The van der Waals surface area contributed by atoms with Gasteiger partial charge in [-0.25, -0.2) is 4.79 Å². The number of hydrogen-bond acceptors (Lipinski definition) is 6. The molecule has 0 aromatic heterocycles. The van der Waals surface area contributed by atoms with Gasteiger partial charge in [0.2, 0.25) is 11.8 Å². The van der Waals surface area contributed by atoms with Gasteiger partial charge >= 0.3 is 6.09 Å². The van der Waals surface area contributed by atoms with E-state index in [9.17, 15) is 24.0 Å². The van der Waals surface area contributed by atoms with Crippen molar-refractivity contribution in [3.8, 4) is 0 Å². The Morgan fingerprint density at radius 1 is 0.967 bits per heavy atom. The van der Waals surface area contributed by atoms with Gasteiger partial charge < -0.3 is 20.7 Å². The van der Waals surface area contributed by atoms with E-state index in [1.165, 1.54) is 6.92 Å². The largest absolute Gasteiger partial charge is 0.444 e. The van der Waals surface area contributed by atoms with Gasteiger partial charge in [-0.05, 0) is 39.8 Å². The number of carbonyl (C=O) groups is 5. The number of carbonyl (C=O) groups excluding carboxylic acids is 5. The maximum absolute atomic E-state index is 12.4. The summed E-state index contributed by atoms with van der Waals surface area (Å²) in [6.45, 7) is 6.50. The van der Waals surface area contributed by atoms with E-state index in [0.717, 1.165) is 4.90 Å². The van der Waals surface area contributed by atoms with Gasteiger partial charge in [0.1, 0.15) is 11.6 Å². The van der Waals surface area contributed by atoms with E-state index >= 15 is 0 Å². The number of nitrogens with zero attached hydrogens (tertiary/aromatic N) is 1. The van der Waals surface area contributed by atoms with E-state index in [0.29, 0.717) is 0 Å². The summed E-state index contributed by atoms with van der Waals surface area (Å²) in [5.41, 5.74) is -0.125. The Labute approximate surface area is 174 Å². The standard InChI is InChI=1S/C20H26N4O6/c1-12(24-17(27)13-7-5-6-8-14(13)18(24)28)16(26)22-10-9-21-15(25)11-23-19(29)30-20(2,3)4/h5-8,12H,9-11H2,1-4H3,(H,21,25)(H,22,26)(H,23,29). The Morgan fingerprint density at radius 3 is 2.03 bits per heavy atom. The van der Waals surface area contributed by atoms with Gasteiger partial charge in [0.05, 0.1) is 17.7 Å². The third-order valence-electron chi connectivity index (χ3n) is 4.13. The lowest BCUT2D eigenvalue weighted by molar-refractivity contribution is -0.125. The van der Waals surface area contributed by atoms with Crippen LogP contribution >= 0.6 is 0 Å². The summed E-state index contributed by atoms with van der Waals surface area (Å²) in [6, 6.07) is 5.39. The van der Waals surface area contributed by atoms with Crippen LogP contribution in [0.2, 0.25) is 0 Å². The van der Waals surface area contributed by atoms with E-state index in [1.807, 2.05) is 0 Å². The number of hydrogen-bond donors (Lipinski definition) is 3. The molecule has 1 aromatic rings. The topological polar surface area (TPSA) is 134 Å². The molecule has 1 aliphatic heterocycles. The highest BCUT2D eigenvalue weighted by atomic mass is 16.6. The van der Waals surface area contributed by atoms with Crippen molar-refractivity contribution in [3.63, 3.8) is 0 Å². The molecule has 0 radical (unpaired) electrons. The van der Waals surface area contributed by atoms with Crippen molar-refractivity contribution in [1.82, 2.24) is 20.9 Å². The predicted octanol–water partition coefficient (Wildman–Crippen LogP) is 0.428. The van der Waals surface area contributed by atoms with Gasteiger partial charge in [-0.15, -0.1) is 0 Å². The third-order valence-corrected chi connectivity index (χ3v) is 4.13. The number of benzene rings is 1. The summed E-state index contributed by atoms with van der Waals surface area (Å²) >= 11 is 0. The average molecular weight is 418 g/mol. The first-order valence-corrected chi connectivity index (χ1v) is 9.49. The van der Waals surface area contributed by atoms with Crippen LogP contribution in [0.3, 0.4) is 0 Å². The fourth-order valence-electron chi connectivity index (χ4n) is 2.74. The first kappa shape index (κ1) is 22.9. The first-order chi connectivity index (χ1) is 14.0. The smallest absolute Gasteiger partial charge is 0.408 e. The molecule has 0 spiro atoms. The van der Waals surface area contributed by atoms with Crippen LogP contribution in [0.25, 0.3) is 0 Å². The number of alkyl carbamates (subject to hydrolysis) is 1. The Kier molecular flexibility index (Phi) is 7.14. The molecule has 0 saturated carbocycles. The van der Waals surface area contributed by atoms with Crippen LogP contribution in [0.5, 0.6) is 0 Å². The van der Waals surface area contributed by atoms with Gasteiger partial charge in [0.25, 0.3) is 11.8 Å². The zero-order chi connectivity index (χ0) is 22.5. The van der Waals surface area contributed by atoms with Crippen LogP contribution in [-0.2, 0) is 14.3 Å². The van der Waals surface area contributed by atoms with E-state index < -0.39 is 41.4 Å². The Bertz CT molecular complexity index is 826. The number of ether oxygens (including phenoxy) is 1. The highest BCUT2D eigenvalue weighted by Crippen LogP contribution is 2.24. The molecule has 2 rings (SSSR count). The number of amides is 5. The number of rotatable bonds is 7. The molecule has 30 heavy (non-hydrogen) atoms. The summed E-state index contributed by atoms with van der Waals surface area (Å²) in [7, 11) is 0. The second kappa shape index (κ2) is 9.38. The molecule has 3 N–H and O–H groups in total. The summed E-state index contributed by atoms with van der Waals surface area (Å²) in [4.78, 5) is 61.3. The number of imide groups is 1. The summed E-state index contributed by atoms with van der Waals surface area (Å²) in [5, 5.41) is 7.41. The van der Waals surface area contributed by atoms with Gasteiger partial charge in [0.15, 0.2) is 0 Å². The quantitative estimate of drug-likeness (QED) is 0.434. The highest BCUT2D eigenvalue weighted by molar-refractivity contribution is 6.22. The van der Waals surface area contributed by atoms with Crippen molar-refractivity contribution in [2.24, 2.45) is 0 Å². The van der Waals surface area contributed by atoms with Crippen LogP contribution in [0.15, 0.2) is 24.3 Å². The lowest BCUT2D eigenvalue weighted by Gasteiger charge is -2.21. The van der Waals surface area contributed by atoms with Gasteiger partial charge in [-0.3, -0.25) is 24.1 Å². The van der Waals surface area contributed by atoms with Crippen LogP contribution in [0.1, 0.15) is 48.4 Å². The second-order valence-corrected chi connectivity index (χ2v) is 7.70. The molecule has 0 fully saturated rings. The van der Waals surface area contributed by atoms with Crippen molar-refractivity contribution in [3.05, 3.63) is 35.4 Å². The summed E-state index contributed by atoms with van der Waals surface area (Å²) < 4.78 is 5.01. The van der Waals surface area contributed by atoms with Gasteiger partial charge in [0, 0.05) is 13.1 Å². The molecule has 1 aliphatic rings. The molecule has 1 atom stereocenters. The number of nitrogens with one attached hydrogen (secondary N) is 3. The minimum absolute atomic E-state index is 0.0878. The van der Waals surface area contributed by atoms with E-state index in [1.54, 1.807) is 45.0 Å². The minimum atomic E-state index is -0.998. The zero-order valence-corrected chi connectivity index (χ0v) is 17.4. The molecule has 0 bridgehead atoms. The molecule has 10 nitrogen and oxygen atoms in total. The predicted molar refractivity (Wildman–Crippen MR) is 107 cm³/mol. The van der Waals surface area contributed by atoms with Crippen LogP contribution in [0, 0.1) is 0 Å². The average Bonchev–Trinajstić information content (AvgIpc) is 2.92. The second-order valence-electron chi connectivity index (χ2n) is 7.70. The molecule has 10 heteroatoms. The summed E-state index contributed by atoms with van der Waals surface area (Å²) in [6.07, 6.45) is -0.708. The fourth-order valence-corrected chi connectivity index (χ4v) is 2.74. The molecule has 1 unspecified atom stereocenters. The molecular weight excluding hydrogens is 392 g/mol. The zero-order valence-electron chi connectivity index (χ0n) is 17.4. The fraction of sp³-hybridized carbons (Fsp3) is 0.450. The minimum Gasteiger partial charge on any atom is -0.444 e.